The molecule has 1 saturated heterocycles. The number of carbonyl (C=O) groups excluding carboxylic acids is 1. The predicted octanol–water partition coefficient (Wildman–Crippen LogP) is 3.19. The number of anilines is 3. The van der Waals surface area contributed by atoms with Crippen molar-refractivity contribution in [2.24, 2.45) is 5.92 Å². The quantitative estimate of drug-likeness (QED) is 0.856. The Hall–Kier alpha value is -2.55. The molecule has 0 aliphatic carbocycles. The zero-order valence-corrected chi connectivity index (χ0v) is 15.3. The summed E-state index contributed by atoms with van der Waals surface area (Å²) in [5.74, 6) is 1.97. The minimum atomic E-state index is -0.364. The lowest BCUT2D eigenvalue weighted by Gasteiger charge is -2.29. The first-order valence-corrected chi connectivity index (χ1v) is 9.55. The Morgan fingerprint density at radius 2 is 2.08 bits per heavy atom. The molecule has 0 radical (unpaired) electrons. The Morgan fingerprint density at radius 1 is 1.23 bits per heavy atom. The van der Waals surface area contributed by atoms with E-state index in [0.717, 1.165) is 24.6 Å². The van der Waals surface area contributed by atoms with E-state index in [2.05, 4.69) is 32.7 Å². The molecule has 2 aliphatic heterocycles. The largest absolute Gasteiger partial charge is 0.486 e. The number of rotatable bonds is 3. The molecular weight excluding hydrogens is 354 g/mol. The van der Waals surface area contributed by atoms with Gasteiger partial charge in [0.2, 0.25) is 10.3 Å². The van der Waals surface area contributed by atoms with Crippen molar-refractivity contribution in [1.29, 1.82) is 0 Å². The molecule has 138 valence electrons. The van der Waals surface area contributed by atoms with E-state index < -0.39 is 0 Å². The number of benzene rings is 1. The molecule has 2 N–H and O–H groups in total. The van der Waals surface area contributed by atoms with Gasteiger partial charge in [-0.15, -0.1) is 10.2 Å². The van der Waals surface area contributed by atoms with Crippen LogP contribution in [0.2, 0.25) is 0 Å². The lowest BCUT2D eigenvalue weighted by Crippen LogP contribution is -2.34. The molecule has 4 rings (SSSR count). The first kappa shape index (κ1) is 16.9. The van der Waals surface area contributed by atoms with Crippen LogP contribution < -0.4 is 25.0 Å². The first-order valence-electron chi connectivity index (χ1n) is 8.73. The van der Waals surface area contributed by atoms with E-state index in [1.807, 2.05) is 0 Å². The van der Waals surface area contributed by atoms with Gasteiger partial charge in [-0.3, -0.25) is 5.32 Å². The molecule has 8 nitrogen and oxygen atoms in total. The second-order valence-electron chi connectivity index (χ2n) is 6.52. The molecule has 2 amide bonds. The average Bonchev–Trinajstić information content (AvgIpc) is 3.10. The summed E-state index contributed by atoms with van der Waals surface area (Å²) < 4.78 is 11.0. The molecule has 1 atom stereocenters. The van der Waals surface area contributed by atoms with Crippen LogP contribution in [0.25, 0.3) is 0 Å². The van der Waals surface area contributed by atoms with Crippen LogP contribution in [0.4, 0.5) is 20.7 Å². The summed E-state index contributed by atoms with van der Waals surface area (Å²) in [4.78, 5) is 14.5. The maximum absolute atomic E-state index is 12.2. The number of fused-ring (bicyclic) bond motifs is 1. The molecule has 9 heteroatoms. The highest BCUT2D eigenvalue weighted by atomic mass is 32.1. The molecule has 1 aromatic heterocycles. The van der Waals surface area contributed by atoms with Gasteiger partial charge >= 0.3 is 6.03 Å². The zero-order valence-electron chi connectivity index (χ0n) is 14.5. The van der Waals surface area contributed by atoms with Crippen LogP contribution in [-0.4, -0.2) is 42.5 Å². The Balaban J connectivity index is 1.36. The van der Waals surface area contributed by atoms with Gasteiger partial charge in [0.1, 0.15) is 13.2 Å². The lowest BCUT2D eigenvalue weighted by molar-refractivity contribution is 0.171. The number of hydrogen-bond donors (Lipinski definition) is 2. The van der Waals surface area contributed by atoms with Gasteiger partial charge in [0.25, 0.3) is 0 Å². The summed E-state index contributed by atoms with van der Waals surface area (Å²) in [6.45, 7) is 5.26. The van der Waals surface area contributed by atoms with Crippen LogP contribution in [0.15, 0.2) is 18.2 Å². The fourth-order valence-electron chi connectivity index (χ4n) is 3.14. The molecule has 0 saturated carbocycles. The van der Waals surface area contributed by atoms with Crippen molar-refractivity contribution in [3.05, 3.63) is 18.2 Å². The van der Waals surface area contributed by atoms with Crippen LogP contribution in [0, 0.1) is 5.92 Å². The monoisotopic (exact) mass is 375 g/mol. The minimum Gasteiger partial charge on any atom is -0.486 e. The van der Waals surface area contributed by atoms with Crippen LogP contribution in [-0.2, 0) is 0 Å². The van der Waals surface area contributed by atoms with Gasteiger partial charge in [-0.25, -0.2) is 4.79 Å². The van der Waals surface area contributed by atoms with Crippen molar-refractivity contribution in [3.63, 3.8) is 0 Å². The first-order chi connectivity index (χ1) is 12.7. The van der Waals surface area contributed by atoms with Gasteiger partial charge < -0.3 is 19.7 Å². The summed E-state index contributed by atoms with van der Waals surface area (Å²) in [7, 11) is 0. The second kappa shape index (κ2) is 7.36. The molecule has 1 aromatic carbocycles. The summed E-state index contributed by atoms with van der Waals surface area (Å²) in [5.41, 5.74) is 0.626. The van der Waals surface area contributed by atoms with Gasteiger partial charge in [-0.05, 0) is 30.9 Å². The van der Waals surface area contributed by atoms with E-state index in [9.17, 15) is 4.79 Å². The molecular formula is C17H21N5O3S. The molecule has 2 aliphatic rings. The second-order valence-corrected chi connectivity index (χ2v) is 7.48. The Kier molecular flexibility index (Phi) is 4.79. The van der Waals surface area contributed by atoms with Gasteiger partial charge in [0.15, 0.2) is 11.5 Å². The fraction of sp³-hybridized carbons (Fsp3) is 0.471. The van der Waals surface area contributed by atoms with Crippen molar-refractivity contribution < 1.29 is 14.3 Å². The standard InChI is InChI=1S/C17H21N5O3S/c1-11-3-2-6-22(10-11)17-21-20-16(26-17)19-15(23)18-12-4-5-13-14(9-12)25-8-7-24-13/h4-5,9,11H,2-3,6-8,10H2,1H3,(H2,18,19,20,23)/t11-/m0/s1. The Labute approximate surface area is 155 Å². The average molecular weight is 375 g/mol. The number of hydrogen-bond acceptors (Lipinski definition) is 7. The number of ether oxygens (including phenoxy) is 2. The third-order valence-electron chi connectivity index (χ3n) is 4.36. The number of amides is 2. The maximum atomic E-state index is 12.2. The number of piperidine rings is 1. The molecule has 0 unspecified atom stereocenters. The zero-order chi connectivity index (χ0) is 17.9. The van der Waals surface area contributed by atoms with Crippen molar-refractivity contribution in [3.8, 4) is 11.5 Å². The maximum Gasteiger partial charge on any atom is 0.325 e. The SMILES string of the molecule is C[C@H]1CCCN(c2nnc(NC(=O)Nc3ccc4c(c3)OCCO4)s2)C1. The van der Waals surface area contributed by atoms with Gasteiger partial charge in [-0.1, -0.05) is 18.3 Å². The van der Waals surface area contributed by atoms with E-state index in [-0.39, 0.29) is 6.03 Å². The van der Waals surface area contributed by atoms with Crippen molar-refractivity contribution >= 4 is 33.3 Å². The summed E-state index contributed by atoms with van der Waals surface area (Å²) >= 11 is 1.39. The topological polar surface area (TPSA) is 88.6 Å². The van der Waals surface area contributed by atoms with Gasteiger partial charge in [0.05, 0.1) is 0 Å². The lowest BCUT2D eigenvalue weighted by atomic mass is 10.0. The molecule has 1 fully saturated rings. The van der Waals surface area contributed by atoms with Crippen LogP contribution >= 0.6 is 11.3 Å². The van der Waals surface area contributed by atoms with Gasteiger partial charge in [0, 0.05) is 24.8 Å². The molecule has 0 spiro atoms. The van der Waals surface area contributed by atoms with Crippen LogP contribution in [0.5, 0.6) is 11.5 Å². The van der Waals surface area contributed by atoms with E-state index >= 15 is 0 Å². The van der Waals surface area contributed by atoms with E-state index in [4.69, 9.17) is 9.47 Å². The number of aromatic nitrogens is 2. The normalized spacial score (nSPS) is 19.1. The number of nitrogens with zero attached hydrogens (tertiary/aromatic N) is 3. The fourth-order valence-corrected chi connectivity index (χ4v) is 3.91. The Bertz CT molecular complexity index is 796. The molecule has 3 heterocycles. The van der Waals surface area contributed by atoms with Crippen molar-refractivity contribution in [2.75, 3.05) is 41.8 Å². The smallest absolute Gasteiger partial charge is 0.325 e. The number of nitrogens with one attached hydrogen (secondary N) is 2. The van der Waals surface area contributed by atoms with Gasteiger partial charge in [-0.2, -0.15) is 0 Å². The third kappa shape index (κ3) is 3.82. The predicted molar refractivity (Wildman–Crippen MR) is 101 cm³/mol. The highest BCUT2D eigenvalue weighted by molar-refractivity contribution is 7.19. The molecule has 0 bridgehead atoms. The number of urea groups is 1. The van der Waals surface area contributed by atoms with Crippen LogP contribution in [0.3, 0.4) is 0 Å². The van der Waals surface area contributed by atoms with E-state index in [1.165, 1.54) is 17.8 Å². The highest BCUT2D eigenvalue weighted by Crippen LogP contribution is 2.33. The molecule has 26 heavy (non-hydrogen) atoms. The van der Waals surface area contributed by atoms with E-state index in [1.54, 1.807) is 18.2 Å². The Morgan fingerprint density at radius 3 is 2.92 bits per heavy atom. The molecule has 2 aromatic rings. The third-order valence-corrected chi connectivity index (χ3v) is 5.26. The highest BCUT2D eigenvalue weighted by Gasteiger charge is 2.20. The van der Waals surface area contributed by atoms with Crippen LogP contribution in [0.1, 0.15) is 19.8 Å². The summed E-state index contributed by atoms with van der Waals surface area (Å²) in [5, 5.41) is 15.1. The van der Waals surface area contributed by atoms with E-state index in [0.29, 0.717) is 41.4 Å². The van der Waals surface area contributed by atoms with Crippen molar-refractivity contribution in [2.45, 2.75) is 19.8 Å². The summed E-state index contributed by atoms with van der Waals surface area (Å²) in [6.07, 6.45) is 2.41. The minimum absolute atomic E-state index is 0.364. The van der Waals surface area contributed by atoms with Crippen molar-refractivity contribution in [1.82, 2.24) is 10.2 Å². The summed E-state index contributed by atoms with van der Waals surface area (Å²) in [6, 6.07) is 4.93. The number of carbonyl (C=O) groups is 1.